The molecule has 1 fully saturated rings. The fourth-order valence-electron chi connectivity index (χ4n) is 1.74. The number of rotatable bonds is 1. The molecule has 1 atom stereocenters. The van der Waals surface area contributed by atoms with Crippen LogP contribution < -0.4 is 10.2 Å². The second kappa shape index (κ2) is 4.15. The number of aromatic nitrogens is 1. The Morgan fingerprint density at radius 2 is 2.43 bits per heavy atom. The smallest absolute Gasteiger partial charge is 0.131 e. The first-order valence-corrected chi connectivity index (χ1v) is 5.25. The highest BCUT2D eigenvalue weighted by atomic mass is 35.5. The molecule has 1 aliphatic rings. The van der Waals surface area contributed by atoms with E-state index in [1.807, 2.05) is 12.1 Å². The molecule has 1 saturated heterocycles. The first-order valence-electron chi connectivity index (χ1n) is 4.87. The molecule has 0 radical (unpaired) electrons. The summed E-state index contributed by atoms with van der Waals surface area (Å²) in [6.45, 7) is 5.20. The lowest BCUT2D eigenvalue weighted by Crippen LogP contribution is -2.50. The Morgan fingerprint density at radius 1 is 1.57 bits per heavy atom. The van der Waals surface area contributed by atoms with Crippen LogP contribution in [0, 0.1) is 0 Å². The summed E-state index contributed by atoms with van der Waals surface area (Å²) in [5, 5.41) is 3.91. The Hall–Kier alpha value is -0.800. The summed E-state index contributed by atoms with van der Waals surface area (Å²) >= 11 is 5.86. The highest BCUT2D eigenvalue weighted by molar-refractivity contribution is 6.29. The fraction of sp³-hybridized carbons (Fsp3) is 0.500. The molecule has 0 aliphatic carbocycles. The van der Waals surface area contributed by atoms with Gasteiger partial charge in [0.2, 0.25) is 0 Å². The van der Waals surface area contributed by atoms with Gasteiger partial charge in [0.05, 0.1) is 0 Å². The zero-order valence-corrected chi connectivity index (χ0v) is 8.96. The average Bonchev–Trinajstić information content (AvgIpc) is 2.18. The van der Waals surface area contributed by atoms with Crippen LogP contribution in [-0.2, 0) is 0 Å². The summed E-state index contributed by atoms with van der Waals surface area (Å²) < 4.78 is 0. The van der Waals surface area contributed by atoms with E-state index in [-0.39, 0.29) is 0 Å². The Balaban J connectivity index is 2.20. The molecule has 0 bridgehead atoms. The van der Waals surface area contributed by atoms with Crippen molar-refractivity contribution < 1.29 is 0 Å². The van der Waals surface area contributed by atoms with Crippen molar-refractivity contribution in [2.24, 2.45) is 0 Å². The number of pyridine rings is 1. The second-order valence-corrected chi connectivity index (χ2v) is 3.95. The molecule has 1 aliphatic heterocycles. The topological polar surface area (TPSA) is 28.2 Å². The van der Waals surface area contributed by atoms with Crippen molar-refractivity contribution >= 4 is 17.4 Å². The summed E-state index contributed by atoms with van der Waals surface area (Å²) in [4.78, 5) is 6.59. The monoisotopic (exact) mass is 211 g/mol. The van der Waals surface area contributed by atoms with Crippen LogP contribution in [0.15, 0.2) is 18.2 Å². The third-order valence-electron chi connectivity index (χ3n) is 2.50. The second-order valence-electron chi connectivity index (χ2n) is 3.57. The summed E-state index contributed by atoms with van der Waals surface area (Å²) in [5.74, 6) is 0.978. The molecule has 1 N–H and O–H groups in total. The van der Waals surface area contributed by atoms with E-state index in [4.69, 9.17) is 11.6 Å². The van der Waals surface area contributed by atoms with Crippen LogP contribution in [0.5, 0.6) is 0 Å². The normalized spacial score (nSPS) is 22.4. The van der Waals surface area contributed by atoms with Gasteiger partial charge >= 0.3 is 0 Å². The van der Waals surface area contributed by atoms with Crippen molar-refractivity contribution in [1.29, 1.82) is 0 Å². The summed E-state index contributed by atoms with van der Waals surface area (Å²) in [6, 6.07) is 6.24. The van der Waals surface area contributed by atoms with Gasteiger partial charge in [0.15, 0.2) is 0 Å². The van der Waals surface area contributed by atoms with E-state index in [0.29, 0.717) is 11.2 Å². The lowest BCUT2D eigenvalue weighted by atomic mass is 10.2. The van der Waals surface area contributed by atoms with Crippen LogP contribution in [0.2, 0.25) is 5.15 Å². The highest BCUT2D eigenvalue weighted by Gasteiger charge is 2.18. The molecule has 1 unspecified atom stereocenters. The predicted octanol–water partition coefficient (Wildman–Crippen LogP) is 1.53. The minimum Gasteiger partial charge on any atom is -0.351 e. The Labute approximate surface area is 89.1 Å². The van der Waals surface area contributed by atoms with Gasteiger partial charge in [-0.05, 0) is 19.1 Å². The molecule has 0 saturated carbocycles. The van der Waals surface area contributed by atoms with Crippen molar-refractivity contribution in [3.63, 3.8) is 0 Å². The van der Waals surface area contributed by atoms with Crippen molar-refractivity contribution in [2.75, 3.05) is 24.5 Å². The van der Waals surface area contributed by atoms with E-state index in [9.17, 15) is 0 Å². The molecular weight excluding hydrogens is 198 g/mol. The van der Waals surface area contributed by atoms with Gasteiger partial charge in [-0.3, -0.25) is 0 Å². The molecule has 2 heterocycles. The molecule has 2 rings (SSSR count). The average molecular weight is 212 g/mol. The van der Waals surface area contributed by atoms with E-state index in [2.05, 4.69) is 22.1 Å². The summed E-state index contributed by atoms with van der Waals surface area (Å²) in [5.41, 5.74) is 0. The molecule has 3 nitrogen and oxygen atoms in total. The van der Waals surface area contributed by atoms with Gasteiger partial charge < -0.3 is 10.2 Å². The number of nitrogens with one attached hydrogen (secondary N) is 1. The van der Waals surface area contributed by atoms with E-state index in [1.54, 1.807) is 6.07 Å². The number of hydrogen-bond donors (Lipinski definition) is 1. The minimum atomic E-state index is 0.481. The maximum atomic E-state index is 5.86. The van der Waals surface area contributed by atoms with Crippen LogP contribution in [0.1, 0.15) is 6.92 Å². The number of piperazine rings is 1. The Morgan fingerprint density at radius 3 is 3.14 bits per heavy atom. The number of nitrogens with zero attached hydrogens (tertiary/aromatic N) is 2. The van der Waals surface area contributed by atoms with E-state index < -0.39 is 0 Å². The molecule has 1 aromatic heterocycles. The molecule has 1 aromatic rings. The van der Waals surface area contributed by atoms with Gasteiger partial charge in [-0.15, -0.1) is 0 Å². The highest BCUT2D eigenvalue weighted by Crippen LogP contribution is 2.17. The SMILES string of the molecule is CC1CNCCN1c1cccc(Cl)n1. The first kappa shape index (κ1) is 9.74. The maximum absolute atomic E-state index is 5.86. The van der Waals surface area contributed by atoms with Crippen molar-refractivity contribution in [1.82, 2.24) is 10.3 Å². The zero-order valence-electron chi connectivity index (χ0n) is 8.20. The fourth-order valence-corrected chi connectivity index (χ4v) is 1.90. The van der Waals surface area contributed by atoms with Gasteiger partial charge in [0, 0.05) is 25.7 Å². The Bertz CT molecular complexity index is 316. The predicted molar refractivity (Wildman–Crippen MR) is 58.9 cm³/mol. The van der Waals surface area contributed by atoms with Crippen molar-refractivity contribution in [3.8, 4) is 0 Å². The Kier molecular flexibility index (Phi) is 2.89. The van der Waals surface area contributed by atoms with Crippen LogP contribution in [0.3, 0.4) is 0 Å². The lowest BCUT2D eigenvalue weighted by molar-refractivity contribution is 0.497. The molecule has 0 amide bonds. The minimum absolute atomic E-state index is 0.481. The summed E-state index contributed by atoms with van der Waals surface area (Å²) in [7, 11) is 0. The van der Waals surface area contributed by atoms with E-state index >= 15 is 0 Å². The summed E-state index contributed by atoms with van der Waals surface area (Å²) in [6.07, 6.45) is 0. The third kappa shape index (κ3) is 1.99. The largest absolute Gasteiger partial charge is 0.351 e. The van der Waals surface area contributed by atoms with Crippen LogP contribution in [-0.4, -0.2) is 30.7 Å². The van der Waals surface area contributed by atoms with Crippen LogP contribution in [0.25, 0.3) is 0 Å². The van der Waals surface area contributed by atoms with Crippen molar-refractivity contribution in [3.05, 3.63) is 23.4 Å². The quantitative estimate of drug-likeness (QED) is 0.715. The molecule has 0 spiro atoms. The molecule has 0 aromatic carbocycles. The van der Waals surface area contributed by atoms with Crippen LogP contribution in [0.4, 0.5) is 5.82 Å². The van der Waals surface area contributed by atoms with Gasteiger partial charge in [-0.25, -0.2) is 4.98 Å². The molecule has 4 heteroatoms. The third-order valence-corrected chi connectivity index (χ3v) is 2.71. The van der Waals surface area contributed by atoms with Gasteiger partial charge in [-0.2, -0.15) is 0 Å². The molecular formula is C10H14ClN3. The van der Waals surface area contributed by atoms with Crippen LogP contribution >= 0.6 is 11.6 Å². The lowest BCUT2D eigenvalue weighted by Gasteiger charge is -2.34. The standard InChI is InChI=1S/C10H14ClN3/c1-8-7-12-5-6-14(8)10-4-2-3-9(11)13-10/h2-4,8,12H,5-7H2,1H3. The number of hydrogen-bond acceptors (Lipinski definition) is 3. The van der Waals surface area contributed by atoms with Gasteiger partial charge in [0.1, 0.15) is 11.0 Å². The maximum Gasteiger partial charge on any atom is 0.131 e. The molecule has 76 valence electrons. The van der Waals surface area contributed by atoms with E-state index in [0.717, 1.165) is 25.5 Å². The van der Waals surface area contributed by atoms with Gasteiger partial charge in [0.25, 0.3) is 0 Å². The number of halogens is 1. The molecule has 14 heavy (non-hydrogen) atoms. The first-order chi connectivity index (χ1) is 6.77. The number of anilines is 1. The van der Waals surface area contributed by atoms with Crippen molar-refractivity contribution in [2.45, 2.75) is 13.0 Å². The van der Waals surface area contributed by atoms with E-state index in [1.165, 1.54) is 0 Å². The van der Waals surface area contributed by atoms with Gasteiger partial charge in [-0.1, -0.05) is 17.7 Å². The zero-order chi connectivity index (χ0) is 9.97.